The summed E-state index contributed by atoms with van der Waals surface area (Å²) in [6.45, 7) is 0.949. The highest BCUT2D eigenvalue weighted by Crippen LogP contribution is 2.29. The molecule has 1 fully saturated rings. The molecule has 3 rings (SSSR count). The third-order valence-corrected chi connectivity index (χ3v) is 5.20. The average molecular weight is 456 g/mol. The summed E-state index contributed by atoms with van der Waals surface area (Å²) in [5.41, 5.74) is -0.614. The minimum atomic E-state index is -4.44. The number of benzene rings is 2. The number of piperidine rings is 1. The third-order valence-electron chi connectivity index (χ3n) is 4.97. The van der Waals surface area contributed by atoms with Crippen molar-refractivity contribution in [3.8, 4) is 5.75 Å². The largest absolute Gasteiger partial charge is 0.490 e. The molecular formula is C22H21ClF3NO4. The van der Waals surface area contributed by atoms with Crippen LogP contribution in [0.15, 0.2) is 48.5 Å². The SMILES string of the molecule is O=C(OCCOc1cccc(Cl)c1)C1CCN(C(=O)c2ccc(C(F)(F)F)cc2)CC1. The number of carbonyl (C=O) groups excluding carboxylic acids is 2. The summed E-state index contributed by atoms with van der Waals surface area (Å²) < 4.78 is 48.7. The molecule has 2 aromatic rings. The van der Waals surface area contributed by atoms with Gasteiger partial charge in [-0.05, 0) is 55.3 Å². The van der Waals surface area contributed by atoms with Gasteiger partial charge < -0.3 is 14.4 Å². The van der Waals surface area contributed by atoms with Crippen molar-refractivity contribution in [2.45, 2.75) is 19.0 Å². The molecule has 31 heavy (non-hydrogen) atoms. The van der Waals surface area contributed by atoms with E-state index in [2.05, 4.69) is 0 Å². The molecule has 0 spiro atoms. The molecule has 1 amide bonds. The van der Waals surface area contributed by atoms with Gasteiger partial charge in [0.15, 0.2) is 0 Å². The maximum absolute atomic E-state index is 12.7. The zero-order chi connectivity index (χ0) is 22.4. The summed E-state index contributed by atoms with van der Waals surface area (Å²) in [6.07, 6.45) is -3.58. The molecule has 0 N–H and O–H groups in total. The number of likely N-dealkylation sites (tertiary alicyclic amines) is 1. The molecule has 0 saturated carbocycles. The highest BCUT2D eigenvalue weighted by molar-refractivity contribution is 6.30. The molecule has 1 aliphatic rings. The van der Waals surface area contributed by atoms with Gasteiger partial charge in [0, 0.05) is 23.7 Å². The van der Waals surface area contributed by atoms with Gasteiger partial charge >= 0.3 is 12.1 Å². The summed E-state index contributed by atoms with van der Waals surface area (Å²) >= 11 is 5.87. The minimum Gasteiger partial charge on any atom is -0.490 e. The van der Waals surface area contributed by atoms with Crippen molar-refractivity contribution in [2.75, 3.05) is 26.3 Å². The van der Waals surface area contributed by atoms with E-state index in [1.54, 1.807) is 24.3 Å². The van der Waals surface area contributed by atoms with E-state index in [9.17, 15) is 22.8 Å². The Labute approximate surface area is 182 Å². The van der Waals surface area contributed by atoms with Gasteiger partial charge in [-0.15, -0.1) is 0 Å². The molecule has 1 aliphatic heterocycles. The van der Waals surface area contributed by atoms with E-state index in [4.69, 9.17) is 21.1 Å². The number of nitrogens with zero attached hydrogens (tertiary/aromatic N) is 1. The first-order chi connectivity index (χ1) is 14.7. The monoisotopic (exact) mass is 455 g/mol. The predicted molar refractivity (Wildman–Crippen MR) is 108 cm³/mol. The Hall–Kier alpha value is -2.74. The van der Waals surface area contributed by atoms with Crippen LogP contribution in [-0.2, 0) is 15.7 Å². The maximum Gasteiger partial charge on any atom is 0.416 e. The molecule has 0 aliphatic carbocycles. The van der Waals surface area contributed by atoms with E-state index < -0.39 is 11.7 Å². The van der Waals surface area contributed by atoms with Gasteiger partial charge in [-0.1, -0.05) is 17.7 Å². The van der Waals surface area contributed by atoms with Crippen molar-refractivity contribution in [1.82, 2.24) is 4.90 Å². The average Bonchev–Trinajstić information content (AvgIpc) is 2.76. The van der Waals surface area contributed by atoms with Gasteiger partial charge in [-0.3, -0.25) is 9.59 Å². The van der Waals surface area contributed by atoms with E-state index in [0.29, 0.717) is 36.7 Å². The molecule has 0 radical (unpaired) electrons. The second-order valence-corrected chi connectivity index (χ2v) is 7.55. The smallest absolute Gasteiger partial charge is 0.416 e. The van der Waals surface area contributed by atoms with E-state index in [0.717, 1.165) is 12.1 Å². The van der Waals surface area contributed by atoms with Gasteiger partial charge in [0.1, 0.15) is 19.0 Å². The number of esters is 1. The van der Waals surface area contributed by atoms with Crippen molar-refractivity contribution in [3.05, 3.63) is 64.7 Å². The van der Waals surface area contributed by atoms with Crippen LogP contribution in [0.1, 0.15) is 28.8 Å². The molecule has 2 aromatic carbocycles. The highest BCUT2D eigenvalue weighted by Gasteiger charge is 2.31. The van der Waals surface area contributed by atoms with Crippen molar-refractivity contribution in [2.24, 2.45) is 5.92 Å². The van der Waals surface area contributed by atoms with Gasteiger partial charge in [0.05, 0.1) is 11.5 Å². The van der Waals surface area contributed by atoms with Crippen molar-refractivity contribution in [1.29, 1.82) is 0 Å². The Balaban J connectivity index is 1.41. The lowest BCUT2D eigenvalue weighted by atomic mass is 9.96. The molecule has 0 atom stereocenters. The lowest BCUT2D eigenvalue weighted by Crippen LogP contribution is -2.40. The molecule has 0 unspecified atom stereocenters. The summed E-state index contributed by atoms with van der Waals surface area (Å²) in [5, 5.41) is 0.548. The molecule has 0 aromatic heterocycles. The normalized spacial score (nSPS) is 14.9. The lowest BCUT2D eigenvalue weighted by molar-refractivity contribution is -0.150. The van der Waals surface area contributed by atoms with Crippen LogP contribution in [0.3, 0.4) is 0 Å². The van der Waals surface area contributed by atoms with Crippen LogP contribution in [0, 0.1) is 5.92 Å². The Morgan fingerprint density at radius 3 is 2.32 bits per heavy atom. The second-order valence-electron chi connectivity index (χ2n) is 7.11. The molecule has 9 heteroatoms. The predicted octanol–water partition coefficient (Wildman–Crippen LogP) is 4.83. The fourth-order valence-corrected chi connectivity index (χ4v) is 3.46. The number of carbonyl (C=O) groups is 2. The number of alkyl halides is 3. The number of hydrogen-bond donors (Lipinski definition) is 0. The first-order valence-corrected chi connectivity index (χ1v) is 10.1. The summed E-state index contributed by atoms with van der Waals surface area (Å²) in [4.78, 5) is 26.3. The van der Waals surface area contributed by atoms with Crippen LogP contribution < -0.4 is 4.74 Å². The van der Waals surface area contributed by atoms with Crippen LogP contribution in [0.4, 0.5) is 13.2 Å². The van der Waals surface area contributed by atoms with Crippen LogP contribution in [0.5, 0.6) is 5.75 Å². The third kappa shape index (κ3) is 6.37. The Morgan fingerprint density at radius 2 is 1.71 bits per heavy atom. The number of halogens is 4. The van der Waals surface area contributed by atoms with E-state index in [1.807, 2.05) is 0 Å². The number of amides is 1. The van der Waals surface area contributed by atoms with Crippen LogP contribution in [-0.4, -0.2) is 43.1 Å². The zero-order valence-corrected chi connectivity index (χ0v) is 17.3. The quantitative estimate of drug-likeness (QED) is 0.462. The first-order valence-electron chi connectivity index (χ1n) is 9.75. The Morgan fingerprint density at radius 1 is 1.03 bits per heavy atom. The van der Waals surface area contributed by atoms with Gasteiger partial charge in [-0.2, -0.15) is 13.2 Å². The fourth-order valence-electron chi connectivity index (χ4n) is 3.28. The van der Waals surface area contributed by atoms with E-state index in [-0.39, 0.29) is 36.6 Å². The summed E-state index contributed by atoms with van der Waals surface area (Å²) in [5.74, 6) is -0.451. The molecule has 5 nitrogen and oxygen atoms in total. The molecule has 166 valence electrons. The number of rotatable bonds is 6. The molecule has 1 heterocycles. The maximum atomic E-state index is 12.7. The topological polar surface area (TPSA) is 55.8 Å². The zero-order valence-electron chi connectivity index (χ0n) is 16.5. The Kier molecular flexibility index (Phi) is 7.43. The highest BCUT2D eigenvalue weighted by atomic mass is 35.5. The van der Waals surface area contributed by atoms with Crippen LogP contribution in [0.25, 0.3) is 0 Å². The van der Waals surface area contributed by atoms with Gasteiger partial charge in [-0.25, -0.2) is 0 Å². The minimum absolute atomic E-state index is 0.0933. The van der Waals surface area contributed by atoms with Crippen LogP contribution >= 0.6 is 11.6 Å². The number of hydrogen-bond acceptors (Lipinski definition) is 4. The summed E-state index contributed by atoms with van der Waals surface area (Å²) in [6, 6.07) is 11.0. The van der Waals surface area contributed by atoms with E-state index in [1.165, 1.54) is 17.0 Å². The standard InChI is InChI=1S/C22H21ClF3NO4/c23-18-2-1-3-19(14-18)30-12-13-31-21(29)16-8-10-27(11-9-16)20(28)15-4-6-17(7-5-15)22(24,25)26/h1-7,14,16H,8-13H2. The Bertz CT molecular complexity index is 910. The fraction of sp³-hybridized carbons (Fsp3) is 0.364. The molecule has 0 bridgehead atoms. The van der Waals surface area contributed by atoms with E-state index >= 15 is 0 Å². The van der Waals surface area contributed by atoms with Crippen molar-refractivity contribution < 1.29 is 32.2 Å². The lowest BCUT2D eigenvalue weighted by Gasteiger charge is -2.31. The van der Waals surface area contributed by atoms with Crippen molar-refractivity contribution in [3.63, 3.8) is 0 Å². The van der Waals surface area contributed by atoms with Gasteiger partial charge in [0.25, 0.3) is 5.91 Å². The second kappa shape index (κ2) is 10.0. The van der Waals surface area contributed by atoms with Crippen LogP contribution in [0.2, 0.25) is 5.02 Å². The summed E-state index contributed by atoms with van der Waals surface area (Å²) in [7, 11) is 0. The number of ether oxygens (including phenoxy) is 2. The van der Waals surface area contributed by atoms with Gasteiger partial charge in [0.2, 0.25) is 0 Å². The first kappa shape index (κ1) is 22.9. The molecular weight excluding hydrogens is 435 g/mol. The van der Waals surface area contributed by atoms with Crippen molar-refractivity contribution >= 4 is 23.5 Å². The molecule has 1 saturated heterocycles.